The van der Waals surface area contributed by atoms with E-state index >= 15 is 0 Å². The SMILES string of the molecule is C[C@H]1C[C@@H](C(=O)NC2CCCN(Cc3ccccc3)C2)CCN1. The number of amides is 1. The predicted octanol–water partition coefficient (Wildman–Crippen LogP) is 2.16. The Morgan fingerprint density at radius 1 is 1.30 bits per heavy atom. The fourth-order valence-electron chi connectivity index (χ4n) is 3.85. The first kappa shape index (κ1) is 16.5. The van der Waals surface area contributed by atoms with Crippen LogP contribution in [0.1, 0.15) is 38.2 Å². The van der Waals surface area contributed by atoms with Gasteiger partial charge in [-0.05, 0) is 51.3 Å². The highest BCUT2D eigenvalue weighted by Crippen LogP contribution is 2.18. The molecule has 2 N–H and O–H groups in total. The molecule has 1 amide bonds. The monoisotopic (exact) mass is 315 g/mol. The average molecular weight is 315 g/mol. The lowest BCUT2D eigenvalue weighted by Gasteiger charge is -2.35. The molecule has 3 atom stereocenters. The standard InChI is InChI=1S/C19H29N3O/c1-15-12-17(9-10-20-15)19(23)21-18-8-5-11-22(14-18)13-16-6-3-2-4-7-16/h2-4,6-7,15,17-18,20H,5,8-14H2,1H3,(H,21,23)/t15-,17-,18?/m0/s1. The molecular weight excluding hydrogens is 286 g/mol. The lowest BCUT2D eigenvalue weighted by Crippen LogP contribution is -2.50. The summed E-state index contributed by atoms with van der Waals surface area (Å²) in [7, 11) is 0. The summed E-state index contributed by atoms with van der Waals surface area (Å²) in [5.41, 5.74) is 1.35. The Hall–Kier alpha value is -1.39. The summed E-state index contributed by atoms with van der Waals surface area (Å²) in [6, 6.07) is 11.4. The van der Waals surface area contributed by atoms with E-state index in [0.29, 0.717) is 12.1 Å². The van der Waals surface area contributed by atoms with Gasteiger partial charge >= 0.3 is 0 Å². The molecule has 0 radical (unpaired) electrons. The van der Waals surface area contributed by atoms with E-state index in [0.717, 1.165) is 45.4 Å². The molecule has 126 valence electrons. The topological polar surface area (TPSA) is 44.4 Å². The number of benzene rings is 1. The van der Waals surface area contributed by atoms with Crippen molar-refractivity contribution in [2.24, 2.45) is 5.92 Å². The predicted molar refractivity (Wildman–Crippen MR) is 93.1 cm³/mol. The van der Waals surface area contributed by atoms with Crippen LogP contribution in [0.5, 0.6) is 0 Å². The molecule has 0 bridgehead atoms. The summed E-state index contributed by atoms with van der Waals surface area (Å²) >= 11 is 0. The van der Waals surface area contributed by atoms with Crippen LogP contribution < -0.4 is 10.6 Å². The van der Waals surface area contributed by atoms with Gasteiger partial charge in [0.05, 0.1) is 0 Å². The second-order valence-corrected chi connectivity index (χ2v) is 7.14. The highest BCUT2D eigenvalue weighted by atomic mass is 16.2. The normalized spacial score (nSPS) is 29.2. The van der Waals surface area contributed by atoms with Crippen molar-refractivity contribution in [3.05, 3.63) is 35.9 Å². The fraction of sp³-hybridized carbons (Fsp3) is 0.632. The zero-order chi connectivity index (χ0) is 16.1. The average Bonchev–Trinajstić information content (AvgIpc) is 2.56. The van der Waals surface area contributed by atoms with Gasteiger partial charge in [-0.1, -0.05) is 30.3 Å². The zero-order valence-corrected chi connectivity index (χ0v) is 14.1. The van der Waals surface area contributed by atoms with E-state index in [9.17, 15) is 4.79 Å². The van der Waals surface area contributed by atoms with Gasteiger partial charge in [-0.15, -0.1) is 0 Å². The molecule has 23 heavy (non-hydrogen) atoms. The molecule has 1 aromatic rings. The van der Waals surface area contributed by atoms with Crippen molar-refractivity contribution >= 4 is 5.91 Å². The molecule has 3 rings (SSSR count). The first-order chi connectivity index (χ1) is 11.2. The van der Waals surface area contributed by atoms with Crippen molar-refractivity contribution in [3.63, 3.8) is 0 Å². The summed E-state index contributed by atoms with van der Waals surface area (Å²) in [5.74, 6) is 0.459. The van der Waals surface area contributed by atoms with Crippen LogP contribution in [0.2, 0.25) is 0 Å². The van der Waals surface area contributed by atoms with Gasteiger partial charge in [0.2, 0.25) is 5.91 Å². The molecule has 1 aromatic carbocycles. The van der Waals surface area contributed by atoms with Crippen LogP contribution >= 0.6 is 0 Å². The van der Waals surface area contributed by atoms with Gasteiger partial charge in [-0.2, -0.15) is 0 Å². The zero-order valence-electron chi connectivity index (χ0n) is 14.1. The maximum absolute atomic E-state index is 12.5. The van der Waals surface area contributed by atoms with Gasteiger partial charge in [0.15, 0.2) is 0 Å². The Bertz CT molecular complexity index is 505. The van der Waals surface area contributed by atoms with Crippen molar-refractivity contribution in [1.82, 2.24) is 15.5 Å². The minimum Gasteiger partial charge on any atom is -0.352 e. The molecule has 2 fully saturated rings. The van der Waals surface area contributed by atoms with Crippen LogP contribution in [0.3, 0.4) is 0 Å². The van der Waals surface area contributed by atoms with E-state index in [1.165, 1.54) is 12.0 Å². The van der Waals surface area contributed by atoms with Crippen LogP contribution in [0.15, 0.2) is 30.3 Å². The first-order valence-electron chi connectivity index (χ1n) is 9.01. The maximum atomic E-state index is 12.5. The molecular formula is C19H29N3O. The van der Waals surface area contributed by atoms with E-state index in [1.54, 1.807) is 0 Å². The number of likely N-dealkylation sites (tertiary alicyclic amines) is 1. The summed E-state index contributed by atoms with van der Waals surface area (Å²) in [6.07, 6.45) is 4.21. The van der Waals surface area contributed by atoms with E-state index < -0.39 is 0 Å². The quantitative estimate of drug-likeness (QED) is 0.895. The fourth-order valence-corrected chi connectivity index (χ4v) is 3.85. The van der Waals surface area contributed by atoms with Gasteiger partial charge in [-0.3, -0.25) is 9.69 Å². The molecule has 0 aliphatic carbocycles. The molecule has 0 saturated carbocycles. The molecule has 2 saturated heterocycles. The molecule has 0 spiro atoms. The van der Waals surface area contributed by atoms with E-state index in [-0.39, 0.29) is 11.8 Å². The summed E-state index contributed by atoms with van der Waals surface area (Å²) in [5, 5.41) is 6.73. The van der Waals surface area contributed by atoms with Gasteiger partial charge < -0.3 is 10.6 Å². The van der Waals surface area contributed by atoms with Crippen molar-refractivity contribution in [2.75, 3.05) is 19.6 Å². The molecule has 2 aliphatic heterocycles. The molecule has 2 heterocycles. The highest BCUT2D eigenvalue weighted by molar-refractivity contribution is 5.79. The van der Waals surface area contributed by atoms with Crippen LogP contribution in [-0.4, -0.2) is 42.5 Å². The summed E-state index contributed by atoms with van der Waals surface area (Å²) in [6.45, 7) is 6.22. The Morgan fingerprint density at radius 3 is 2.91 bits per heavy atom. The largest absolute Gasteiger partial charge is 0.352 e. The number of hydrogen-bond acceptors (Lipinski definition) is 3. The Morgan fingerprint density at radius 2 is 2.13 bits per heavy atom. The van der Waals surface area contributed by atoms with E-state index in [4.69, 9.17) is 0 Å². The number of carbonyl (C=O) groups excluding carboxylic acids is 1. The smallest absolute Gasteiger partial charge is 0.223 e. The van der Waals surface area contributed by atoms with Crippen LogP contribution in [-0.2, 0) is 11.3 Å². The second-order valence-electron chi connectivity index (χ2n) is 7.14. The second kappa shape index (κ2) is 7.93. The number of rotatable bonds is 4. The molecule has 2 aliphatic rings. The minimum atomic E-state index is 0.191. The van der Waals surface area contributed by atoms with Gasteiger partial charge in [-0.25, -0.2) is 0 Å². The van der Waals surface area contributed by atoms with E-state index in [2.05, 4.69) is 52.8 Å². The third-order valence-electron chi connectivity index (χ3n) is 5.10. The highest BCUT2D eigenvalue weighted by Gasteiger charge is 2.28. The molecule has 0 aromatic heterocycles. The molecule has 4 heteroatoms. The van der Waals surface area contributed by atoms with Crippen molar-refractivity contribution in [3.8, 4) is 0 Å². The lowest BCUT2D eigenvalue weighted by atomic mass is 9.92. The third kappa shape index (κ3) is 4.79. The van der Waals surface area contributed by atoms with Crippen LogP contribution in [0.25, 0.3) is 0 Å². The Balaban J connectivity index is 1.49. The van der Waals surface area contributed by atoms with Gasteiger partial charge in [0, 0.05) is 31.1 Å². The first-order valence-corrected chi connectivity index (χ1v) is 9.01. The lowest BCUT2D eigenvalue weighted by molar-refractivity contribution is -0.127. The Kier molecular flexibility index (Phi) is 5.68. The van der Waals surface area contributed by atoms with Gasteiger partial charge in [0.1, 0.15) is 0 Å². The van der Waals surface area contributed by atoms with Crippen molar-refractivity contribution < 1.29 is 4.79 Å². The number of nitrogens with zero attached hydrogens (tertiary/aromatic N) is 1. The van der Waals surface area contributed by atoms with E-state index in [1.807, 2.05) is 0 Å². The maximum Gasteiger partial charge on any atom is 0.223 e. The Labute approximate surface area is 139 Å². The van der Waals surface area contributed by atoms with Gasteiger partial charge in [0.25, 0.3) is 0 Å². The molecule has 4 nitrogen and oxygen atoms in total. The van der Waals surface area contributed by atoms with Crippen molar-refractivity contribution in [1.29, 1.82) is 0 Å². The van der Waals surface area contributed by atoms with Crippen LogP contribution in [0, 0.1) is 5.92 Å². The third-order valence-corrected chi connectivity index (χ3v) is 5.10. The number of carbonyl (C=O) groups is 1. The summed E-state index contributed by atoms with van der Waals surface area (Å²) in [4.78, 5) is 15.0. The summed E-state index contributed by atoms with van der Waals surface area (Å²) < 4.78 is 0. The number of hydrogen-bond donors (Lipinski definition) is 2. The number of piperidine rings is 2. The van der Waals surface area contributed by atoms with Crippen LogP contribution in [0.4, 0.5) is 0 Å². The van der Waals surface area contributed by atoms with Crippen molar-refractivity contribution in [2.45, 2.75) is 51.2 Å². The minimum absolute atomic E-state index is 0.191. The number of nitrogens with one attached hydrogen (secondary N) is 2. The molecule has 1 unspecified atom stereocenters.